The number of para-hydroxylation sites is 2. The Labute approximate surface area is 124 Å². The van der Waals surface area contributed by atoms with Crippen molar-refractivity contribution >= 4 is 33.8 Å². The van der Waals surface area contributed by atoms with Crippen LogP contribution in [0.1, 0.15) is 17.7 Å². The van der Waals surface area contributed by atoms with Crippen molar-refractivity contribution in [1.29, 1.82) is 0 Å². The second kappa shape index (κ2) is 4.04. The second-order valence-corrected chi connectivity index (χ2v) is 5.43. The number of fused-ring (bicyclic) bond motifs is 7. The first kappa shape index (κ1) is 11.7. The number of aryl methyl sites for hydroxylation is 1. The Hall–Kier alpha value is -2.95. The van der Waals surface area contributed by atoms with E-state index in [9.17, 15) is 4.79 Å². The maximum atomic E-state index is 12.3. The Morgan fingerprint density at radius 1 is 1.23 bits per heavy atom. The Kier molecular flexibility index (Phi) is 2.14. The smallest absolute Gasteiger partial charge is 0.347 e. The van der Waals surface area contributed by atoms with Crippen LogP contribution in [0.15, 0.2) is 45.8 Å². The van der Waals surface area contributed by atoms with Crippen molar-refractivity contribution in [2.45, 2.75) is 12.8 Å². The van der Waals surface area contributed by atoms with Gasteiger partial charge < -0.3 is 4.42 Å². The van der Waals surface area contributed by atoms with E-state index >= 15 is 0 Å². The summed E-state index contributed by atoms with van der Waals surface area (Å²) in [7, 11) is 0. The number of aromatic nitrogens is 3. The summed E-state index contributed by atoms with van der Waals surface area (Å²) in [5.74, 6) is 1.25. The van der Waals surface area contributed by atoms with Crippen molar-refractivity contribution < 1.29 is 4.42 Å². The minimum atomic E-state index is -0.354. The molecular weight excluding hydrogens is 278 g/mol. The van der Waals surface area contributed by atoms with Gasteiger partial charge in [-0.15, -0.1) is 0 Å². The van der Waals surface area contributed by atoms with Crippen LogP contribution in [0.25, 0.3) is 33.8 Å². The third-order valence-corrected chi connectivity index (χ3v) is 4.17. The van der Waals surface area contributed by atoms with E-state index in [-0.39, 0.29) is 5.63 Å². The Balaban J connectivity index is 2.14. The van der Waals surface area contributed by atoms with Gasteiger partial charge in [0.25, 0.3) is 0 Å². The monoisotopic (exact) mass is 289 g/mol. The molecule has 5 nitrogen and oxygen atoms in total. The van der Waals surface area contributed by atoms with Gasteiger partial charge in [-0.05, 0) is 31.1 Å². The molecule has 106 valence electrons. The molecule has 3 heterocycles. The fraction of sp³-hybridized carbons (Fsp3) is 0.118. The molecule has 0 unspecified atom stereocenters. The highest BCUT2D eigenvalue weighted by Gasteiger charge is 2.19. The van der Waals surface area contributed by atoms with Gasteiger partial charge in [0.1, 0.15) is 11.1 Å². The van der Waals surface area contributed by atoms with Gasteiger partial charge in [-0.1, -0.05) is 18.2 Å². The summed E-state index contributed by atoms with van der Waals surface area (Å²) < 4.78 is 7.41. The SMILES string of the molecule is O=c1oc2c(c3c1cnc1nc4ccccc4n13)CCC=C2. The van der Waals surface area contributed by atoms with Crippen LogP contribution in [0, 0.1) is 0 Å². The van der Waals surface area contributed by atoms with Crippen LogP contribution in [-0.2, 0) is 6.42 Å². The van der Waals surface area contributed by atoms with E-state index in [1.54, 1.807) is 6.20 Å². The van der Waals surface area contributed by atoms with Gasteiger partial charge in [-0.3, -0.25) is 4.40 Å². The van der Waals surface area contributed by atoms with Gasteiger partial charge in [-0.25, -0.2) is 14.8 Å². The molecule has 0 N–H and O–H groups in total. The first-order valence-corrected chi connectivity index (χ1v) is 7.21. The molecule has 0 radical (unpaired) electrons. The van der Waals surface area contributed by atoms with E-state index in [2.05, 4.69) is 9.97 Å². The van der Waals surface area contributed by atoms with Crippen LogP contribution in [0.5, 0.6) is 0 Å². The van der Waals surface area contributed by atoms with Crippen LogP contribution in [0.2, 0.25) is 0 Å². The maximum absolute atomic E-state index is 12.3. The molecule has 1 aliphatic rings. The summed E-state index contributed by atoms with van der Waals surface area (Å²) in [4.78, 5) is 21.2. The predicted molar refractivity (Wildman–Crippen MR) is 83.9 cm³/mol. The van der Waals surface area contributed by atoms with Crippen molar-refractivity contribution in [1.82, 2.24) is 14.4 Å². The summed E-state index contributed by atoms with van der Waals surface area (Å²) in [5, 5.41) is 0.504. The van der Waals surface area contributed by atoms with Crippen molar-refractivity contribution in [2.75, 3.05) is 0 Å². The van der Waals surface area contributed by atoms with Gasteiger partial charge in [0.2, 0.25) is 5.78 Å². The third kappa shape index (κ3) is 1.40. The fourth-order valence-corrected chi connectivity index (χ4v) is 3.20. The topological polar surface area (TPSA) is 60.4 Å². The lowest BCUT2D eigenvalue weighted by molar-refractivity contribution is 0.500. The van der Waals surface area contributed by atoms with Crippen molar-refractivity contribution in [3.8, 4) is 0 Å². The molecule has 0 atom stereocenters. The van der Waals surface area contributed by atoms with Gasteiger partial charge >= 0.3 is 5.63 Å². The molecule has 3 aromatic heterocycles. The molecule has 0 bridgehead atoms. The minimum absolute atomic E-state index is 0.354. The normalized spacial score (nSPS) is 14.0. The van der Waals surface area contributed by atoms with Crippen LogP contribution >= 0.6 is 0 Å². The second-order valence-electron chi connectivity index (χ2n) is 5.43. The highest BCUT2D eigenvalue weighted by Crippen LogP contribution is 2.28. The highest BCUT2D eigenvalue weighted by atomic mass is 16.4. The number of hydrogen-bond acceptors (Lipinski definition) is 4. The number of nitrogens with zero attached hydrogens (tertiary/aromatic N) is 3. The summed E-state index contributed by atoms with van der Waals surface area (Å²) in [6.45, 7) is 0. The summed E-state index contributed by atoms with van der Waals surface area (Å²) in [6.07, 6.45) is 7.26. The molecule has 1 aromatic carbocycles. The maximum Gasteiger partial charge on any atom is 0.347 e. The van der Waals surface area contributed by atoms with E-state index in [0.29, 0.717) is 16.9 Å². The fourth-order valence-electron chi connectivity index (χ4n) is 3.20. The summed E-state index contributed by atoms with van der Waals surface area (Å²) in [6, 6.07) is 7.86. The molecule has 4 aromatic rings. The largest absolute Gasteiger partial charge is 0.422 e. The molecule has 5 heteroatoms. The van der Waals surface area contributed by atoms with Gasteiger partial charge in [-0.2, -0.15) is 0 Å². The van der Waals surface area contributed by atoms with Crippen molar-refractivity contribution in [3.63, 3.8) is 0 Å². The molecule has 1 aliphatic carbocycles. The molecule has 0 saturated carbocycles. The molecule has 22 heavy (non-hydrogen) atoms. The zero-order chi connectivity index (χ0) is 14.7. The zero-order valence-corrected chi connectivity index (χ0v) is 11.6. The zero-order valence-electron chi connectivity index (χ0n) is 11.6. The van der Waals surface area contributed by atoms with Crippen LogP contribution in [0.4, 0.5) is 0 Å². The van der Waals surface area contributed by atoms with E-state index in [1.165, 1.54) is 0 Å². The van der Waals surface area contributed by atoms with E-state index in [0.717, 1.165) is 35.0 Å². The Bertz CT molecular complexity index is 1150. The lowest BCUT2D eigenvalue weighted by Gasteiger charge is -2.13. The van der Waals surface area contributed by atoms with E-state index < -0.39 is 0 Å². The molecule has 5 rings (SSSR count). The number of hydrogen-bond donors (Lipinski definition) is 0. The lowest BCUT2D eigenvalue weighted by atomic mass is 10.0. The number of imidazole rings is 1. The van der Waals surface area contributed by atoms with E-state index in [1.807, 2.05) is 40.8 Å². The summed E-state index contributed by atoms with van der Waals surface area (Å²) >= 11 is 0. The average Bonchev–Trinajstić information content (AvgIpc) is 2.93. The molecule has 0 spiro atoms. The van der Waals surface area contributed by atoms with Crippen LogP contribution in [-0.4, -0.2) is 14.4 Å². The highest BCUT2D eigenvalue weighted by molar-refractivity contribution is 5.91. The predicted octanol–water partition coefficient (Wildman–Crippen LogP) is 2.95. The summed E-state index contributed by atoms with van der Waals surface area (Å²) in [5.41, 5.74) is 3.39. The molecule has 0 aliphatic heterocycles. The number of rotatable bonds is 0. The van der Waals surface area contributed by atoms with Crippen molar-refractivity contribution in [2.24, 2.45) is 0 Å². The lowest BCUT2D eigenvalue weighted by Crippen LogP contribution is -2.10. The first-order chi connectivity index (χ1) is 10.8. The Morgan fingerprint density at radius 2 is 2.14 bits per heavy atom. The quantitative estimate of drug-likeness (QED) is 0.499. The molecular formula is C17H11N3O2. The molecule has 0 amide bonds. The average molecular weight is 289 g/mol. The standard InChI is InChI=1S/C17H11N3O2/c21-16-11-9-18-17-19-12-6-2-3-7-13(12)20(17)15(11)10-5-1-4-8-14(10)22-16/h2-4,6-9H,1,5H2. The van der Waals surface area contributed by atoms with Gasteiger partial charge in [0, 0.05) is 11.8 Å². The molecule has 0 fully saturated rings. The first-order valence-electron chi connectivity index (χ1n) is 7.21. The van der Waals surface area contributed by atoms with Crippen LogP contribution < -0.4 is 5.63 Å². The van der Waals surface area contributed by atoms with Crippen LogP contribution in [0.3, 0.4) is 0 Å². The van der Waals surface area contributed by atoms with Gasteiger partial charge in [0.15, 0.2) is 0 Å². The van der Waals surface area contributed by atoms with Gasteiger partial charge in [0.05, 0.1) is 16.6 Å². The van der Waals surface area contributed by atoms with Crippen molar-refractivity contribution in [3.05, 3.63) is 58.3 Å². The minimum Gasteiger partial charge on any atom is -0.422 e. The number of benzene rings is 1. The number of allylic oxidation sites excluding steroid dienone is 1. The third-order valence-electron chi connectivity index (χ3n) is 4.17. The van der Waals surface area contributed by atoms with E-state index in [4.69, 9.17) is 4.42 Å². The molecule has 0 saturated heterocycles. The Morgan fingerprint density at radius 3 is 3.09 bits per heavy atom.